The first-order valence-electron chi connectivity index (χ1n) is 11.4. The Balaban J connectivity index is 1.62. The van der Waals surface area contributed by atoms with Crippen LogP contribution < -0.4 is 9.13 Å². The number of benzene rings is 1. The van der Waals surface area contributed by atoms with E-state index in [-0.39, 0.29) is 18.6 Å². The van der Waals surface area contributed by atoms with Crippen molar-refractivity contribution in [3.05, 3.63) is 90.5 Å². The molecule has 4 aromatic rings. The largest absolute Gasteiger partial charge is 0.390 e. The maximum atomic E-state index is 9.71. The lowest BCUT2D eigenvalue weighted by molar-refractivity contribution is -0.698. The van der Waals surface area contributed by atoms with Crippen molar-refractivity contribution >= 4 is 0 Å². The maximum absolute atomic E-state index is 9.71. The fourth-order valence-corrected chi connectivity index (χ4v) is 4.81. The highest BCUT2D eigenvalue weighted by atomic mass is 16.3. The Morgan fingerprint density at radius 2 is 1.55 bits per heavy atom. The number of hydrogen-bond acceptors (Lipinski definition) is 3. The first-order chi connectivity index (χ1) is 16.0. The monoisotopic (exact) mass is 439 g/mol. The van der Waals surface area contributed by atoms with Crippen LogP contribution in [0.2, 0.25) is 0 Å². The van der Waals surface area contributed by atoms with Crippen molar-refractivity contribution < 1.29 is 19.3 Å². The summed E-state index contributed by atoms with van der Waals surface area (Å²) in [6.45, 7) is 5.83. The second kappa shape index (κ2) is 8.50. The molecule has 2 N–H and O–H groups in total. The van der Waals surface area contributed by atoms with Gasteiger partial charge in [0.1, 0.15) is 13.2 Å². The van der Waals surface area contributed by atoms with E-state index in [0.29, 0.717) is 13.1 Å². The molecule has 1 aliphatic rings. The number of aromatic nitrogens is 3. The van der Waals surface area contributed by atoms with Gasteiger partial charge in [0.15, 0.2) is 31.7 Å². The third-order valence-corrected chi connectivity index (χ3v) is 6.65. The summed E-state index contributed by atoms with van der Waals surface area (Å²) in [5.41, 5.74) is 8.80. The Morgan fingerprint density at radius 1 is 0.818 bits per heavy atom. The van der Waals surface area contributed by atoms with E-state index in [0.717, 1.165) is 33.6 Å². The van der Waals surface area contributed by atoms with E-state index in [2.05, 4.69) is 61.0 Å². The van der Waals surface area contributed by atoms with Gasteiger partial charge in [0.25, 0.3) is 0 Å². The molecule has 5 heteroatoms. The summed E-state index contributed by atoms with van der Waals surface area (Å²) >= 11 is 0. The molecule has 33 heavy (non-hydrogen) atoms. The van der Waals surface area contributed by atoms with Gasteiger partial charge in [-0.25, -0.2) is 4.57 Å². The lowest BCUT2D eigenvalue weighted by Crippen LogP contribution is -2.39. The zero-order valence-corrected chi connectivity index (χ0v) is 19.1. The lowest BCUT2D eigenvalue weighted by Gasteiger charge is -2.20. The van der Waals surface area contributed by atoms with Crippen LogP contribution in [0.4, 0.5) is 0 Å². The number of rotatable bonds is 6. The summed E-state index contributed by atoms with van der Waals surface area (Å²) in [6, 6.07) is 18.9. The summed E-state index contributed by atoms with van der Waals surface area (Å²) in [7, 11) is 0. The van der Waals surface area contributed by atoms with Gasteiger partial charge < -0.3 is 10.2 Å². The molecule has 0 spiro atoms. The van der Waals surface area contributed by atoms with E-state index in [1.807, 2.05) is 41.4 Å². The van der Waals surface area contributed by atoms with Crippen molar-refractivity contribution in [2.45, 2.75) is 32.4 Å². The van der Waals surface area contributed by atoms with Crippen LogP contribution in [-0.2, 0) is 18.5 Å². The number of pyridine rings is 3. The Morgan fingerprint density at radius 3 is 2.24 bits per heavy atom. The van der Waals surface area contributed by atoms with E-state index >= 15 is 0 Å². The first-order valence-corrected chi connectivity index (χ1v) is 11.4. The van der Waals surface area contributed by atoms with Crippen LogP contribution in [0.25, 0.3) is 33.6 Å². The smallest absolute Gasteiger partial charge is 0.213 e. The minimum Gasteiger partial charge on any atom is -0.390 e. The molecule has 1 aliphatic carbocycles. The Labute approximate surface area is 194 Å². The molecule has 0 amide bonds. The van der Waals surface area contributed by atoms with Gasteiger partial charge in [0.05, 0.1) is 5.69 Å². The average molecular weight is 440 g/mol. The maximum Gasteiger partial charge on any atom is 0.213 e. The standard InChI is InChI=1S/C28H29N3O2/c1-28(2)24-16-22(20-8-10-30(11-9-20)12-14-32)18-29-27(24)23-17-26(21-6-4-3-5-7-21)31(13-15-33)19-25(23)28/h3-11,16-19,32-33H,12-15H2,1-2H3/q+2. The molecule has 0 saturated heterocycles. The predicted octanol–water partition coefficient (Wildman–Crippen LogP) is 3.28. The van der Waals surface area contributed by atoms with Crippen molar-refractivity contribution in [2.75, 3.05) is 13.2 Å². The predicted molar refractivity (Wildman–Crippen MR) is 127 cm³/mol. The van der Waals surface area contributed by atoms with Crippen molar-refractivity contribution in [1.29, 1.82) is 0 Å². The van der Waals surface area contributed by atoms with E-state index in [1.165, 1.54) is 11.1 Å². The molecule has 0 fully saturated rings. The fourth-order valence-electron chi connectivity index (χ4n) is 4.81. The fraction of sp³-hybridized carbons (Fsp3) is 0.250. The molecular weight excluding hydrogens is 410 g/mol. The molecular formula is C28H29N3O2+2. The molecule has 0 radical (unpaired) electrons. The quantitative estimate of drug-likeness (QED) is 0.453. The number of aliphatic hydroxyl groups excluding tert-OH is 2. The molecule has 5 rings (SSSR count). The first kappa shape index (κ1) is 21.4. The van der Waals surface area contributed by atoms with Gasteiger partial charge in [0.2, 0.25) is 5.69 Å². The highest BCUT2D eigenvalue weighted by Crippen LogP contribution is 2.48. The van der Waals surface area contributed by atoms with Gasteiger partial charge in [-0.05, 0) is 29.3 Å². The van der Waals surface area contributed by atoms with Crippen LogP contribution in [0.5, 0.6) is 0 Å². The van der Waals surface area contributed by atoms with Crippen LogP contribution in [0.15, 0.2) is 79.4 Å². The summed E-state index contributed by atoms with van der Waals surface area (Å²) in [5.74, 6) is 0. The van der Waals surface area contributed by atoms with Crippen LogP contribution in [-0.4, -0.2) is 28.4 Å². The zero-order valence-electron chi connectivity index (χ0n) is 19.1. The number of nitrogens with zero attached hydrogens (tertiary/aromatic N) is 3. The van der Waals surface area contributed by atoms with Crippen molar-refractivity contribution in [3.8, 4) is 33.6 Å². The van der Waals surface area contributed by atoms with Gasteiger partial charge in [-0.2, -0.15) is 4.57 Å². The van der Waals surface area contributed by atoms with Crippen molar-refractivity contribution in [1.82, 2.24) is 4.98 Å². The highest BCUT2D eigenvalue weighted by molar-refractivity contribution is 5.81. The number of fused-ring (bicyclic) bond motifs is 3. The molecule has 0 unspecified atom stereocenters. The summed E-state index contributed by atoms with van der Waals surface area (Å²) < 4.78 is 4.12. The van der Waals surface area contributed by atoms with E-state index in [1.54, 1.807) is 0 Å². The molecule has 0 bridgehead atoms. The zero-order chi connectivity index (χ0) is 23.0. The third kappa shape index (κ3) is 3.73. The van der Waals surface area contributed by atoms with Crippen molar-refractivity contribution in [2.24, 2.45) is 0 Å². The SMILES string of the molecule is CC1(C)c2c[n+](CCO)c(-c3ccccc3)cc2-c2ncc(-c3cc[n+](CCO)cc3)cc21. The number of hydrogen-bond donors (Lipinski definition) is 2. The van der Waals surface area contributed by atoms with E-state index in [9.17, 15) is 5.11 Å². The van der Waals surface area contributed by atoms with E-state index < -0.39 is 0 Å². The van der Waals surface area contributed by atoms with Crippen LogP contribution in [0.1, 0.15) is 25.0 Å². The van der Waals surface area contributed by atoms with Gasteiger partial charge in [0, 0.05) is 52.1 Å². The van der Waals surface area contributed by atoms with Gasteiger partial charge in [-0.1, -0.05) is 32.0 Å². The Hall–Kier alpha value is -3.41. The van der Waals surface area contributed by atoms with E-state index in [4.69, 9.17) is 10.1 Å². The minimum atomic E-state index is -0.203. The topological polar surface area (TPSA) is 61.1 Å². The summed E-state index contributed by atoms with van der Waals surface area (Å²) in [4.78, 5) is 4.94. The van der Waals surface area contributed by atoms with Gasteiger partial charge >= 0.3 is 0 Å². The van der Waals surface area contributed by atoms with Crippen molar-refractivity contribution in [3.63, 3.8) is 0 Å². The molecule has 1 aromatic carbocycles. The second-order valence-corrected chi connectivity index (χ2v) is 9.06. The molecule has 0 aliphatic heterocycles. The Bertz CT molecular complexity index is 1300. The molecule has 3 heterocycles. The molecule has 3 aromatic heterocycles. The minimum absolute atomic E-state index is 0.0867. The molecule has 5 nitrogen and oxygen atoms in total. The number of aliphatic hydroxyl groups is 2. The van der Waals surface area contributed by atoms with Crippen LogP contribution in [0, 0.1) is 0 Å². The third-order valence-electron chi connectivity index (χ3n) is 6.65. The molecule has 0 atom stereocenters. The Kier molecular flexibility index (Phi) is 5.52. The van der Waals surface area contributed by atoms with Crippen LogP contribution in [0.3, 0.4) is 0 Å². The average Bonchev–Trinajstić information content (AvgIpc) is 3.06. The summed E-state index contributed by atoms with van der Waals surface area (Å²) in [5, 5.41) is 18.9. The normalized spacial score (nSPS) is 13.6. The molecule has 166 valence electrons. The lowest BCUT2D eigenvalue weighted by atomic mass is 9.82. The van der Waals surface area contributed by atoms with Gasteiger partial charge in [-0.3, -0.25) is 4.98 Å². The van der Waals surface area contributed by atoms with Crippen LogP contribution >= 0.6 is 0 Å². The highest BCUT2D eigenvalue weighted by Gasteiger charge is 2.40. The molecule has 0 saturated carbocycles. The second-order valence-electron chi connectivity index (χ2n) is 9.06. The van der Waals surface area contributed by atoms with Gasteiger partial charge in [-0.15, -0.1) is 0 Å². The summed E-state index contributed by atoms with van der Waals surface area (Å²) in [6.07, 6.45) is 8.12.